The molecule has 1 N–H and O–H groups in total. The van der Waals surface area contributed by atoms with Crippen molar-refractivity contribution in [3.05, 3.63) is 29.8 Å². The fourth-order valence-electron chi connectivity index (χ4n) is 2.65. The first-order chi connectivity index (χ1) is 9.31. The van der Waals surface area contributed by atoms with Crippen LogP contribution < -0.4 is 10.1 Å². The molecule has 0 saturated carbocycles. The van der Waals surface area contributed by atoms with Gasteiger partial charge in [0.05, 0.1) is 6.61 Å². The van der Waals surface area contributed by atoms with Crippen LogP contribution in [0.15, 0.2) is 24.3 Å². The highest BCUT2D eigenvalue weighted by atomic mass is 16.5. The van der Waals surface area contributed by atoms with Crippen LogP contribution in [-0.2, 0) is 6.54 Å². The van der Waals surface area contributed by atoms with E-state index in [0.717, 1.165) is 31.9 Å². The van der Waals surface area contributed by atoms with Gasteiger partial charge in [-0.05, 0) is 50.6 Å². The molecule has 1 unspecified atom stereocenters. The lowest BCUT2D eigenvalue weighted by Gasteiger charge is -2.32. The molecule has 3 nitrogen and oxygen atoms in total. The molecule has 0 bridgehead atoms. The number of likely N-dealkylation sites (N-methyl/N-ethyl adjacent to an activating group) is 1. The highest BCUT2D eigenvalue weighted by Crippen LogP contribution is 2.17. The SMILES string of the molecule is CCCOc1cccc(CN2CCCC(NC)C2)c1. The van der Waals surface area contributed by atoms with E-state index in [1.165, 1.54) is 24.9 Å². The Kier molecular flexibility index (Phi) is 5.67. The summed E-state index contributed by atoms with van der Waals surface area (Å²) in [5.74, 6) is 1.00. The van der Waals surface area contributed by atoms with E-state index in [4.69, 9.17) is 4.74 Å². The van der Waals surface area contributed by atoms with Crippen molar-refractivity contribution in [2.75, 3.05) is 26.7 Å². The quantitative estimate of drug-likeness (QED) is 0.853. The van der Waals surface area contributed by atoms with Gasteiger partial charge < -0.3 is 10.1 Å². The largest absolute Gasteiger partial charge is 0.494 e. The van der Waals surface area contributed by atoms with Crippen molar-refractivity contribution in [1.29, 1.82) is 0 Å². The molecule has 1 atom stereocenters. The van der Waals surface area contributed by atoms with E-state index in [-0.39, 0.29) is 0 Å². The molecule has 2 rings (SSSR count). The number of hydrogen-bond donors (Lipinski definition) is 1. The summed E-state index contributed by atoms with van der Waals surface area (Å²) in [6, 6.07) is 9.17. The summed E-state index contributed by atoms with van der Waals surface area (Å²) in [5.41, 5.74) is 1.35. The molecule has 0 aliphatic carbocycles. The highest BCUT2D eigenvalue weighted by molar-refractivity contribution is 5.28. The second-order valence-corrected chi connectivity index (χ2v) is 5.36. The van der Waals surface area contributed by atoms with E-state index in [0.29, 0.717) is 6.04 Å². The number of nitrogens with one attached hydrogen (secondary N) is 1. The minimum atomic E-state index is 0.647. The van der Waals surface area contributed by atoms with E-state index < -0.39 is 0 Å². The van der Waals surface area contributed by atoms with Gasteiger partial charge in [-0.2, -0.15) is 0 Å². The van der Waals surface area contributed by atoms with Crippen LogP contribution in [0.2, 0.25) is 0 Å². The van der Waals surface area contributed by atoms with Crippen LogP contribution in [0.3, 0.4) is 0 Å². The summed E-state index contributed by atoms with van der Waals surface area (Å²) in [4.78, 5) is 2.53. The minimum Gasteiger partial charge on any atom is -0.494 e. The van der Waals surface area contributed by atoms with Crippen molar-refractivity contribution in [1.82, 2.24) is 10.2 Å². The Balaban J connectivity index is 1.90. The molecule has 0 radical (unpaired) electrons. The predicted octanol–water partition coefficient (Wildman–Crippen LogP) is 2.66. The summed E-state index contributed by atoms with van der Waals surface area (Å²) in [6.45, 7) is 6.32. The van der Waals surface area contributed by atoms with Crippen LogP contribution in [-0.4, -0.2) is 37.7 Å². The van der Waals surface area contributed by atoms with Crippen LogP contribution in [0.25, 0.3) is 0 Å². The lowest BCUT2D eigenvalue weighted by Crippen LogP contribution is -2.43. The van der Waals surface area contributed by atoms with Crippen molar-refractivity contribution in [2.45, 2.75) is 38.8 Å². The molecule has 1 saturated heterocycles. The summed E-state index contributed by atoms with van der Waals surface area (Å²) in [5, 5.41) is 3.39. The first-order valence-corrected chi connectivity index (χ1v) is 7.43. The van der Waals surface area contributed by atoms with Gasteiger partial charge in [0.1, 0.15) is 5.75 Å². The zero-order valence-electron chi connectivity index (χ0n) is 12.2. The first-order valence-electron chi connectivity index (χ1n) is 7.43. The minimum absolute atomic E-state index is 0.647. The third-order valence-corrected chi connectivity index (χ3v) is 3.69. The van der Waals surface area contributed by atoms with Gasteiger partial charge in [-0.3, -0.25) is 4.90 Å². The third kappa shape index (κ3) is 4.51. The van der Waals surface area contributed by atoms with E-state index in [1.54, 1.807) is 0 Å². The number of likely N-dealkylation sites (tertiary alicyclic amines) is 1. The normalized spacial score (nSPS) is 20.4. The Hall–Kier alpha value is -1.06. The van der Waals surface area contributed by atoms with Crippen molar-refractivity contribution in [3.63, 3.8) is 0 Å². The number of piperidine rings is 1. The maximum atomic E-state index is 5.70. The fraction of sp³-hybridized carbons (Fsp3) is 0.625. The van der Waals surface area contributed by atoms with Gasteiger partial charge in [0, 0.05) is 19.1 Å². The number of ether oxygens (including phenoxy) is 1. The van der Waals surface area contributed by atoms with Gasteiger partial charge in [0.25, 0.3) is 0 Å². The molecule has 0 amide bonds. The van der Waals surface area contributed by atoms with Gasteiger partial charge in [-0.25, -0.2) is 0 Å². The van der Waals surface area contributed by atoms with Gasteiger partial charge >= 0.3 is 0 Å². The molecule has 19 heavy (non-hydrogen) atoms. The molecule has 106 valence electrons. The van der Waals surface area contributed by atoms with Crippen molar-refractivity contribution in [2.24, 2.45) is 0 Å². The molecule has 1 fully saturated rings. The molecule has 1 aliphatic rings. The van der Waals surface area contributed by atoms with Crippen LogP contribution in [0.1, 0.15) is 31.7 Å². The Labute approximate surface area is 116 Å². The first kappa shape index (κ1) is 14.4. The number of rotatable bonds is 6. The van der Waals surface area contributed by atoms with Gasteiger partial charge in [-0.15, -0.1) is 0 Å². The lowest BCUT2D eigenvalue weighted by molar-refractivity contribution is 0.187. The van der Waals surface area contributed by atoms with E-state index >= 15 is 0 Å². The number of benzene rings is 1. The Morgan fingerprint density at radius 2 is 2.32 bits per heavy atom. The van der Waals surface area contributed by atoms with Crippen molar-refractivity contribution >= 4 is 0 Å². The monoisotopic (exact) mass is 262 g/mol. The number of nitrogens with zero attached hydrogens (tertiary/aromatic N) is 1. The molecule has 1 aromatic rings. The Morgan fingerprint density at radius 3 is 3.11 bits per heavy atom. The van der Waals surface area contributed by atoms with Crippen molar-refractivity contribution in [3.8, 4) is 5.75 Å². The van der Waals surface area contributed by atoms with E-state index in [9.17, 15) is 0 Å². The van der Waals surface area contributed by atoms with Crippen LogP contribution in [0.4, 0.5) is 0 Å². The third-order valence-electron chi connectivity index (χ3n) is 3.69. The molecular weight excluding hydrogens is 236 g/mol. The summed E-state index contributed by atoms with van der Waals surface area (Å²) >= 11 is 0. The average molecular weight is 262 g/mol. The standard InChI is InChI=1S/C16H26N2O/c1-3-10-19-16-8-4-6-14(11-16)12-18-9-5-7-15(13-18)17-2/h4,6,8,11,15,17H,3,5,7,9-10,12-13H2,1-2H3. The van der Waals surface area contributed by atoms with Gasteiger partial charge in [0.15, 0.2) is 0 Å². The topological polar surface area (TPSA) is 24.5 Å². The zero-order valence-corrected chi connectivity index (χ0v) is 12.2. The molecule has 0 aromatic heterocycles. The summed E-state index contributed by atoms with van der Waals surface area (Å²) < 4.78 is 5.70. The summed E-state index contributed by atoms with van der Waals surface area (Å²) in [6.07, 6.45) is 3.64. The zero-order chi connectivity index (χ0) is 13.5. The Morgan fingerprint density at radius 1 is 1.42 bits per heavy atom. The fourth-order valence-corrected chi connectivity index (χ4v) is 2.65. The number of hydrogen-bond acceptors (Lipinski definition) is 3. The van der Waals surface area contributed by atoms with Gasteiger partial charge in [0.2, 0.25) is 0 Å². The van der Waals surface area contributed by atoms with Gasteiger partial charge in [-0.1, -0.05) is 19.1 Å². The van der Waals surface area contributed by atoms with Crippen molar-refractivity contribution < 1.29 is 4.74 Å². The molecule has 1 aromatic carbocycles. The van der Waals surface area contributed by atoms with E-state index in [2.05, 4.69) is 42.4 Å². The second kappa shape index (κ2) is 7.51. The van der Waals surface area contributed by atoms with Crippen LogP contribution >= 0.6 is 0 Å². The lowest BCUT2D eigenvalue weighted by atomic mass is 10.1. The molecule has 1 aliphatic heterocycles. The maximum Gasteiger partial charge on any atom is 0.119 e. The van der Waals surface area contributed by atoms with E-state index in [1.807, 2.05) is 6.07 Å². The smallest absolute Gasteiger partial charge is 0.119 e. The predicted molar refractivity (Wildman–Crippen MR) is 79.6 cm³/mol. The molecular formula is C16H26N2O. The summed E-state index contributed by atoms with van der Waals surface area (Å²) in [7, 11) is 2.06. The maximum absolute atomic E-state index is 5.70. The average Bonchev–Trinajstić information content (AvgIpc) is 2.46. The second-order valence-electron chi connectivity index (χ2n) is 5.36. The van der Waals surface area contributed by atoms with Crippen LogP contribution in [0, 0.1) is 0 Å². The molecule has 1 heterocycles. The van der Waals surface area contributed by atoms with Crippen LogP contribution in [0.5, 0.6) is 5.75 Å². The molecule has 0 spiro atoms. The molecule has 3 heteroatoms. The highest BCUT2D eigenvalue weighted by Gasteiger charge is 2.18. The Bertz CT molecular complexity index is 381.